The van der Waals surface area contributed by atoms with Crippen LogP contribution in [0.2, 0.25) is 0 Å². The van der Waals surface area contributed by atoms with Crippen molar-refractivity contribution < 1.29 is 4.79 Å². The van der Waals surface area contributed by atoms with Crippen LogP contribution in [-0.4, -0.2) is 22.5 Å². The third kappa shape index (κ3) is 3.76. The molecule has 1 saturated heterocycles. The average molecular weight is 269 g/mol. The van der Waals surface area contributed by atoms with Gasteiger partial charge in [0.1, 0.15) is 11.5 Å². The molecule has 0 aromatic heterocycles. The monoisotopic (exact) mass is 269 g/mol. The summed E-state index contributed by atoms with van der Waals surface area (Å²) in [6.07, 6.45) is 12.8. The van der Waals surface area contributed by atoms with Crippen LogP contribution in [0.4, 0.5) is 0 Å². The molecule has 0 spiro atoms. The van der Waals surface area contributed by atoms with Gasteiger partial charge in [-0.2, -0.15) is 0 Å². The quantitative estimate of drug-likeness (QED) is 0.663. The zero-order chi connectivity index (χ0) is 12.8. The van der Waals surface area contributed by atoms with Crippen molar-refractivity contribution in [1.29, 1.82) is 0 Å². The third-order valence-corrected chi connectivity index (χ3v) is 7.51. The maximum absolute atomic E-state index is 12.8. The molecule has 1 aliphatic heterocycles. The molecule has 1 unspecified atom stereocenters. The highest BCUT2D eigenvalue weighted by Crippen LogP contribution is 2.31. The number of hydrogen-bond acceptors (Lipinski definition) is 1. The highest BCUT2D eigenvalue weighted by molar-refractivity contribution is 7.98. The second kappa shape index (κ2) is 7.57. The van der Waals surface area contributed by atoms with Crippen molar-refractivity contribution in [2.24, 2.45) is 5.92 Å². The molecule has 2 fully saturated rings. The van der Waals surface area contributed by atoms with Crippen molar-refractivity contribution in [3.05, 3.63) is 0 Å². The minimum absolute atomic E-state index is 0.439. The van der Waals surface area contributed by atoms with Crippen LogP contribution in [0.15, 0.2) is 0 Å². The number of unbranched alkanes of at least 4 members (excludes halogenated alkanes) is 1. The molecular weight excluding hydrogens is 240 g/mol. The van der Waals surface area contributed by atoms with Gasteiger partial charge in [-0.1, -0.05) is 32.6 Å². The van der Waals surface area contributed by atoms with Gasteiger partial charge in [0.15, 0.2) is 11.0 Å². The fraction of sp³-hybridized carbons (Fsp3) is 0.938. The molecule has 0 aromatic carbocycles. The minimum atomic E-state index is 0.439. The van der Waals surface area contributed by atoms with Crippen LogP contribution in [0.25, 0.3) is 0 Å². The lowest BCUT2D eigenvalue weighted by Crippen LogP contribution is -2.37. The third-order valence-electron chi connectivity index (χ3n) is 4.61. The van der Waals surface area contributed by atoms with Crippen molar-refractivity contribution in [3.8, 4) is 0 Å². The number of Topliss-reactive ketones (excluding diaryl/α,β-unsaturated/α-hetero) is 1. The standard InChI is InChI=1S/C16H29OS/c1-2-3-11-15(18-12-7-8-13-18)16(17)14-9-5-4-6-10-14/h14-15H,2-13H2,1H3/q+1. The SMILES string of the molecule is CCCCC(C(=O)C1CCCCC1)[S+]1CCCC1. The van der Waals surface area contributed by atoms with E-state index in [1.165, 1.54) is 75.7 Å². The molecule has 0 bridgehead atoms. The minimum Gasteiger partial charge on any atom is -0.294 e. The highest BCUT2D eigenvalue weighted by atomic mass is 32.2. The maximum atomic E-state index is 12.8. The Hall–Kier alpha value is 0.0200. The predicted molar refractivity (Wildman–Crippen MR) is 81.2 cm³/mol. The molecule has 1 atom stereocenters. The summed E-state index contributed by atoms with van der Waals surface area (Å²) in [6, 6.07) is 0. The summed E-state index contributed by atoms with van der Waals surface area (Å²) in [5.41, 5.74) is 0. The van der Waals surface area contributed by atoms with Crippen molar-refractivity contribution in [2.75, 3.05) is 11.5 Å². The number of hydrogen-bond donors (Lipinski definition) is 0. The first-order chi connectivity index (χ1) is 8.83. The van der Waals surface area contributed by atoms with Crippen LogP contribution >= 0.6 is 0 Å². The van der Waals surface area contributed by atoms with Crippen molar-refractivity contribution in [1.82, 2.24) is 0 Å². The molecule has 0 radical (unpaired) electrons. The number of rotatable bonds is 6. The molecule has 2 aliphatic rings. The Kier molecular flexibility index (Phi) is 6.07. The highest BCUT2D eigenvalue weighted by Gasteiger charge is 2.41. The number of ketones is 1. The molecule has 18 heavy (non-hydrogen) atoms. The summed E-state index contributed by atoms with van der Waals surface area (Å²) in [6.45, 7) is 2.25. The molecule has 2 heteroatoms. The fourth-order valence-corrected chi connectivity index (χ4v) is 6.42. The van der Waals surface area contributed by atoms with Crippen LogP contribution < -0.4 is 0 Å². The van der Waals surface area contributed by atoms with E-state index in [1.54, 1.807) is 0 Å². The lowest BCUT2D eigenvalue weighted by atomic mass is 9.84. The maximum Gasteiger partial charge on any atom is 0.187 e. The van der Waals surface area contributed by atoms with E-state index in [0.717, 1.165) is 0 Å². The van der Waals surface area contributed by atoms with Gasteiger partial charge in [-0.15, -0.1) is 0 Å². The van der Waals surface area contributed by atoms with Crippen molar-refractivity contribution >= 4 is 16.7 Å². The number of carbonyl (C=O) groups excluding carboxylic acids is 1. The Morgan fingerprint density at radius 1 is 1.11 bits per heavy atom. The van der Waals surface area contributed by atoms with Gasteiger partial charge in [0.05, 0.1) is 0 Å². The summed E-state index contributed by atoms with van der Waals surface area (Å²) in [4.78, 5) is 12.8. The predicted octanol–water partition coefficient (Wildman–Crippen LogP) is 4.11. The topological polar surface area (TPSA) is 17.1 Å². The van der Waals surface area contributed by atoms with E-state index in [4.69, 9.17) is 0 Å². The van der Waals surface area contributed by atoms with E-state index < -0.39 is 0 Å². The molecule has 1 aliphatic carbocycles. The van der Waals surface area contributed by atoms with Gasteiger partial charge in [-0.25, -0.2) is 0 Å². The van der Waals surface area contributed by atoms with Crippen LogP contribution in [0, 0.1) is 5.92 Å². The molecule has 1 nitrogen and oxygen atoms in total. The summed E-state index contributed by atoms with van der Waals surface area (Å²) in [5, 5.41) is 0.454. The summed E-state index contributed by atoms with van der Waals surface area (Å²) < 4.78 is 0. The molecule has 1 heterocycles. The summed E-state index contributed by atoms with van der Waals surface area (Å²) in [5.74, 6) is 3.82. The van der Waals surface area contributed by atoms with Gasteiger partial charge in [0.2, 0.25) is 0 Å². The van der Waals surface area contributed by atoms with Gasteiger partial charge in [-0.3, -0.25) is 4.79 Å². The first-order valence-electron chi connectivity index (χ1n) is 8.03. The molecule has 2 rings (SSSR count). The lowest BCUT2D eigenvalue weighted by Gasteiger charge is -2.24. The molecular formula is C16H29OS+. The van der Waals surface area contributed by atoms with Gasteiger partial charge in [-0.05, 0) is 43.0 Å². The second-order valence-electron chi connectivity index (χ2n) is 6.02. The zero-order valence-corrected chi connectivity index (χ0v) is 12.8. The average Bonchev–Trinajstić information content (AvgIpc) is 2.94. The van der Waals surface area contributed by atoms with E-state index >= 15 is 0 Å². The number of carbonyl (C=O) groups is 1. The Bertz CT molecular complexity index is 252. The van der Waals surface area contributed by atoms with Crippen molar-refractivity contribution in [2.45, 2.75) is 76.4 Å². The van der Waals surface area contributed by atoms with Crippen LogP contribution in [0.1, 0.15) is 71.1 Å². The van der Waals surface area contributed by atoms with Crippen LogP contribution in [-0.2, 0) is 15.7 Å². The lowest BCUT2D eigenvalue weighted by molar-refractivity contribution is -0.123. The summed E-state index contributed by atoms with van der Waals surface area (Å²) >= 11 is 0. The van der Waals surface area contributed by atoms with E-state index in [1.807, 2.05) is 0 Å². The molecule has 0 amide bonds. The first kappa shape index (κ1) is 14.4. The first-order valence-corrected chi connectivity index (χ1v) is 9.65. The second-order valence-corrected chi connectivity index (χ2v) is 8.48. The van der Waals surface area contributed by atoms with E-state index in [2.05, 4.69) is 6.92 Å². The van der Waals surface area contributed by atoms with Gasteiger partial charge in [0, 0.05) is 12.3 Å². The van der Waals surface area contributed by atoms with Crippen molar-refractivity contribution in [3.63, 3.8) is 0 Å². The van der Waals surface area contributed by atoms with Gasteiger partial charge < -0.3 is 0 Å². The van der Waals surface area contributed by atoms with E-state index in [0.29, 0.717) is 27.8 Å². The van der Waals surface area contributed by atoms with E-state index in [-0.39, 0.29) is 0 Å². The Morgan fingerprint density at radius 2 is 1.78 bits per heavy atom. The smallest absolute Gasteiger partial charge is 0.187 e. The molecule has 0 aromatic rings. The van der Waals surface area contributed by atoms with E-state index in [9.17, 15) is 4.79 Å². The van der Waals surface area contributed by atoms with Crippen LogP contribution in [0.3, 0.4) is 0 Å². The fourth-order valence-electron chi connectivity index (χ4n) is 3.47. The Morgan fingerprint density at radius 3 is 2.39 bits per heavy atom. The summed E-state index contributed by atoms with van der Waals surface area (Å²) in [7, 11) is 0.452. The largest absolute Gasteiger partial charge is 0.294 e. The molecule has 104 valence electrons. The van der Waals surface area contributed by atoms with Gasteiger partial charge >= 0.3 is 0 Å². The molecule has 0 N–H and O–H groups in total. The van der Waals surface area contributed by atoms with Crippen LogP contribution in [0.5, 0.6) is 0 Å². The normalized spacial score (nSPS) is 24.3. The molecule has 1 saturated carbocycles. The Labute approximate surface area is 115 Å². The van der Waals surface area contributed by atoms with Gasteiger partial charge in [0.25, 0.3) is 0 Å². The zero-order valence-electron chi connectivity index (χ0n) is 12.0. The Balaban J connectivity index is 1.94.